The minimum Gasteiger partial charge on any atom is -0.395 e. The van der Waals surface area contributed by atoms with Crippen molar-refractivity contribution in [1.82, 2.24) is 15.3 Å². The Morgan fingerprint density at radius 3 is 2.79 bits per heavy atom. The van der Waals surface area contributed by atoms with Crippen molar-refractivity contribution in [1.29, 1.82) is 0 Å². The van der Waals surface area contributed by atoms with Crippen molar-refractivity contribution < 1.29 is 9.90 Å². The second kappa shape index (κ2) is 10.4. The number of aryl methyl sites for hydroxylation is 1. The largest absolute Gasteiger partial charge is 0.395 e. The molecule has 0 atom stereocenters. The minimum absolute atomic E-state index is 0.0372. The average Bonchev–Trinajstić information content (AvgIpc) is 3.20. The summed E-state index contributed by atoms with van der Waals surface area (Å²) in [6.45, 7) is 1.95. The van der Waals surface area contributed by atoms with Gasteiger partial charge in [-0.2, -0.15) is 0 Å². The lowest BCUT2D eigenvalue weighted by Crippen LogP contribution is -2.28. The average molecular weight is 410 g/mol. The van der Waals surface area contributed by atoms with Gasteiger partial charge in [0.05, 0.1) is 12.3 Å². The van der Waals surface area contributed by atoms with E-state index in [2.05, 4.69) is 37.7 Å². The number of anilines is 1. The van der Waals surface area contributed by atoms with Crippen LogP contribution in [0, 0.1) is 0 Å². The lowest BCUT2D eigenvalue weighted by atomic mass is 10.1. The molecular weight excluding hydrogens is 386 g/mol. The number of aliphatic hydroxyl groups is 1. The molecule has 7 nitrogen and oxygen atoms in total. The molecule has 29 heavy (non-hydrogen) atoms. The molecule has 1 amide bonds. The zero-order chi connectivity index (χ0) is 20.5. The van der Waals surface area contributed by atoms with E-state index in [0.29, 0.717) is 41.0 Å². The van der Waals surface area contributed by atoms with Gasteiger partial charge in [0, 0.05) is 31.5 Å². The summed E-state index contributed by atoms with van der Waals surface area (Å²) >= 11 is 1.44. The number of thiazole rings is 1. The molecule has 0 saturated heterocycles. The van der Waals surface area contributed by atoms with Crippen molar-refractivity contribution in [3.8, 4) is 11.4 Å². The zero-order valence-corrected chi connectivity index (χ0v) is 16.9. The van der Waals surface area contributed by atoms with Crippen molar-refractivity contribution in [2.24, 2.45) is 4.99 Å². The first-order valence-electron chi connectivity index (χ1n) is 9.30. The summed E-state index contributed by atoms with van der Waals surface area (Å²) in [5, 5.41) is 17.4. The fourth-order valence-corrected chi connectivity index (χ4v) is 3.44. The molecule has 8 heteroatoms. The van der Waals surface area contributed by atoms with Crippen LogP contribution in [0.5, 0.6) is 0 Å². The molecule has 150 valence electrons. The summed E-state index contributed by atoms with van der Waals surface area (Å²) < 4.78 is 0. The smallest absolute Gasteiger partial charge is 0.222 e. The lowest BCUT2D eigenvalue weighted by Gasteiger charge is -2.09. The molecule has 0 radical (unpaired) electrons. The molecule has 3 N–H and O–H groups in total. The Morgan fingerprint density at radius 2 is 2.03 bits per heavy atom. The van der Waals surface area contributed by atoms with Crippen LogP contribution in [-0.4, -0.2) is 40.0 Å². The summed E-state index contributed by atoms with van der Waals surface area (Å²) in [5.41, 5.74) is 3.16. The van der Waals surface area contributed by atoms with Gasteiger partial charge in [-0.05, 0) is 24.1 Å². The predicted octanol–water partition coefficient (Wildman–Crippen LogP) is 3.41. The van der Waals surface area contributed by atoms with E-state index in [0.717, 1.165) is 6.42 Å². The monoisotopic (exact) mass is 409 g/mol. The van der Waals surface area contributed by atoms with Crippen LogP contribution in [0.4, 0.5) is 10.8 Å². The summed E-state index contributed by atoms with van der Waals surface area (Å²) in [4.78, 5) is 25.3. The molecule has 2 aromatic heterocycles. The maximum Gasteiger partial charge on any atom is 0.222 e. The highest BCUT2D eigenvalue weighted by molar-refractivity contribution is 7.14. The van der Waals surface area contributed by atoms with E-state index in [-0.39, 0.29) is 12.5 Å². The Kier molecular flexibility index (Phi) is 7.43. The first-order valence-corrected chi connectivity index (χ1v) is 10.2. The highest BCUT2D eigenvalue weighted by atomic mass is 32.1. The molecule has 0 unspecified atom stereocenters. The van der Waals surface area contributed by atoms with E-state index in [1.54, 1.807) is 6.20 Å². The van der Waals surface area contributed by atoms with E-state index < -0.39 is 0 Å². The SMILES string of the molecule is CC(=O)NC(CCc1ccccc1)=Nc1cccnc1-c1csc(NCCO)n1. The van der Waals surface area contributed by atoms with Gasteiger partial charge < -0.3 is 15.7 Å². The molecule has 0 bridgehead atoms. The number of carbonyl (C=O) groups is 1. The molecule has 0 aliphatic carbocycles. The highest BCUT2D eigenvalue weighted by Crippen LogP contribution is 2.30. The standard InChI is InChI=1S/C21H23N5O2S/c1-15(28)24-19(10-9-16-6-3-2-4-7-16)25-17-8-5-11-22-20(17)18-14-29-21(26-18)23-12-13-27/h2-8,11,14,27H,9-10,12-13H2,1H3,(H,23,26)(H,24,25,28). The molecule has 0 saturated carbocycles. The van der Waals surface area contributed by atoms with Crippen molar-refractivity contribution in [2.75, 3.05) is 18.5 Å². The topological polar surface area (TPSA) is 99.5 Å². The number of aliphatic hydroxyl groups excluding tert-OH is 1. The van der Waals surface area contributed by atoms with Gasteiger partial charge in [0.15, 0.2) is 5.13 Å². The number of nitrogens with one attached hydrogen (secondary N) is 2. The number of aliphatic imine (C=N–C) groups is 1. The molecule has 0 fully saturated rings. The Balaban J connectivity index is 1.85. The van der Waals surface area contributed by atoms with Crippen LogP contribution in [-0.2, 0) is 11.2 Å². The minimum atomic E-state index is -0.161. The maximum atomic E-state index is 11.7. The number of rotatable bonds is 8. The first-order chi connectivity index (χ1) is 14.2. The number of benzene rings is 1. The van der Waals surface area contributed by atoms with Gasteiger partial charge in [0.2, 0.25) is 5.91 Å². The molecule has 0 aliphatic rings. The van der Waals surface area contributed by atoms with Crippen LogP contribution in [0.25, 0.3) is 11.4 Å². The Morgan fingerprint density at radius 1 is 1.21 bits per heavy atom. The van der Waals surface area contributed by atoms with E-state index in [9.17, 15) is 4.79 Å². The summed E-state index contributed by atoms with van der Waals surface area (Å²) in [7, 11) is 0. The van der Waals surface area contributed by atoms with Gasteiger partial charge in [-0.15, -0.1) is 11.3 Å². The van der Waals surface area contributed by atoms with Crippen LogP contribution in [0.15, 0.2) is 59.0 Å². The molecule has 2 heterocycles. The van der Waals surface area contributed by atoms with E-state index >= 15 is 0 Å². The number of nitrogens with zero attached hydrogens (tertiary/aromatic N) is 3. The van der Waals surface area contributed by atoms with Crippen LogP contribution in [0.1, 0.15) is 18.9 Å². The Bertz CT molecular complexity index is 972. The van der Waals surface area contributed by atoms with Crippen LogP contribution in [0.3, 0.4) is 0 Å². The third-order valence-corrected chi connectivity index (χ3v) is 4.79. The summed E-state index contributed by atoms with van der Waals surface area (Å²) in [6, 6.07) is 13.7. The lowest BCUT2D eigenvalue weighted by molar-refractivity contribution is -0.117. The van der Waals surface area contributed by atoms with Gasteiger partial charge in [0.1, 0.15) is 17.2 Å². The number of amidine groups is 1. The third kappa shape index (κ3) is 6.20. The van der Waals surface area contributed by atoms with Crippen LogP contribution >= 0.6 is 11.3 Å². The van der Waals surface area contributed by atoms with Gasteiger partial charge in [-0.1, -0.05) is 30.3 Å². The summed E-state index contributed by atoms with van der Waals surface area (Å²) in [5.74, 6) is 0.427. The van der Waals surface area contributed by atoms with E-state index in [1.165, 1.54) is 23.8 Å². The van der Waals surface area contributed by atoms with Crippen molar-refractivity contribution in [2.45, 2.75) is 19.8 Å². The molecule has 3 rings (SSSR count). The number of carbonyl (C=O) groups excluding carboxylic acids is 1. The van der Waals surface area contributed by atoms with Gasteiger partial charge in [-0.3, -0.25) is 9.78 Å². The molecule has 0 aliphatic heterocycles. The Hall–Kier alpha value is -3.10. The predicted molar refractivity (Wildman–Crippen MR) is 117 cm³/mol. The first kappa shape index (κ1) is 20.6. The van der Waals surface area contributed by atoms with Gasteiger partial charge >= 0.3 is 0 Å². The Labute approximate surface area is 173 Å². The van der Waals surface area contributed by atoms with Gasteiger partial charge in [0.25, 0.3) is 0 Å². The fraction of sp³-hybridized carbons (Fsp3) is 0.238. The van der Waals surface area contributed by atoms with E-state index in [1.807, 2.05) is 35.7 Å². The van der Waals surface area contributed by atoms with Crippen LogP contribution < -0.4 is 10.6 Å². The van der Waals surface area contributed by atoms with Crippen molar-refractivity contribution in [3.63, 3.8) is 0 Å². The van der Waals surface area contributed by atoms with E-state index in [4.69, 9.17) is 5.11 Å². The molecular formula is C21H23N5O2S. The number of hydrogen-bond acceptors (Lipinski definition) is 7. The zero-order valence-electron chi connectivity index (χ0n) is 16.1. The quantitative estimate of drug-likeness (QED) is 0.391. The van der Waals surface area contributed by atoms with Gasteiger partial charge in [-0.25, -0.2) is 9.98 Å². The maximum absolute atomic E-state index is 11.7. The number of amides is 1. The number of hydrogen-bond donors (Lipinski definition) is 3. The van der Waals surface area contributed by atoms with Crippen LogP contribution in [0.2, 0.25) is 0 Å². The second-order valence-electron chi connectivity index (χ2n) is 6.28. The van der Waals surface area contributed by atoms with Crippen molar-refractivity contribution in [3.05, 3.63) is 59.6 Å². The number of aromatic nitrogens is 2. The molecule has 1 aromatic carbocycles. The highest BCUT2D eigenvalue weighted by Gasteiger charge is 2.12. The second-order valence-corrected chi connectivity index (χ2v) is 7.14. The third-order valence-electron chi connectivity index (χ3n) is 3.99. The fourth-order valence-electron chi connectivity index (χ4n) is 2.71. The van der Waals surface area contributed by atoms with Crippen molar-refractivity contribution >= 4 is 33.9 Å². The molecule has 3 aromatic rings. The normalized spacial score (nSPS) is 11.3. The summed E-state index contributed by atoms with van der Waals surface area (Å²) in [6.07, 6.45) is 3.05. The number of pyridine rings is 1. The molecule has 0 spiro atoms.